The van der Waals surface area contributed by atoms with Gasteiger partial charge in [0.15, 0.2) is 5.13 Å². The summed E-state index contributed by atoms with van der Waals surface area (Å²) in [6, 6.07) is 11.8. The maximum Gasteiger partial charge on any atom is 0.274 e. The van der Waals surface area contributed by atoms with E-state index < -0.39 is 0 Å². The minimum atomic E-state index is -0.125. The van der Waals surface area contributed by atoms with E-state index in [1.54, 1.807) is 11.3 Å². The van der Waals surface area contributed by atoms with Crippen LogP contribution in [0.25, 0.3) is 20.4 Å². The van der Waals surface area contributed by atoms with Crippen molar-refractivity contribution in [3.8, 4) is 0 Å². The van der Waals surface area contributed by atoms with Gasteiger partial charge in [0.05, 0.1) is 20.4 Å². The molecule has 21 heavy (non-hydrogen) atoms. The van der Waals surface area contributed by atoms with Crippen molar-refractivity contribution in [1.29, 1.82) is 0 Å². The van der Waals surface area contributed by atoms with Gasteiger partial charge in [-0.3, -0.25) is 10.1 Å². The molecule has 0 aliphatic carbocycles. The first-order valence-electron chi connectivity index (χ1n) is 6.42. The second-order valence-electron chi connectivity index (χ2n) is 4.70. The van der Waals surface area contributed by atoms with E-state index in [1.807, 2.05) is 53.4 Å². The van der Waals surface area contributed by atoms with Crippen molar-refractivity contribution in [2.24, 2.45) is 7.05 Å². The third-order valence-electron chi connectivity index (χ3n) is 3.41. The molecule has 0 saturated heterocycles. The molecule has 0 radical (unpaired) electrons. The summed E-state index contributed by atoms with van der Waals surface area (Å²) >= 11 is 3.12. The third-order valence-corrected chi connectivity index (χ3v) is 5.22. The molecule has 3 heterocycles. The molecular formula is C15H11N3OS2. The largest absolute Gasteiger partial charge is 0.339 e. The lowest BCUT2D eigenvalue weighted by molar-refractivity contribution is 0.102. The second kappa shape index (κ2) is 4.68. The first-order chi connectivity index (χ1) is 10.2. The number of para-hydroxylation sites is 1. The van der Waals surface area contributed by atoms with Gasteiger partial charge in [-0.25, -0.2) is 4.98 Å². The minimum absolute atomic E-state index is 0.125. The fourth-order valence-corrected chi connectivity index (χ4v) is 4.06. The van der Waals surface area contributed by atoms with Crippen LogP contribution in [0.3, 0.4) is 0 Å². The molecule has 3 aromatic heterocycles. The van der Waals surface area contributed by atoms with E-state index in [4.69, 9.17) is 0 Å². The molecule has 0 fully saturated rings. The first-order valence-corrected chi connectivity index (χ1v) is 8.12. The number of nitrogens with one attached hydrogen (secondary N) is 1. The molecule has 0 spiro atoms. The minimum Gasteiger partial charge on any atom is -0.339 e. The van der Waals surface area contributed by atoms with Crippen LogP contribution in [0.15, 0.2) is 41.8 Å². The van der Waals surface area contributed by atoms with E-state index in [0.717, 1.165) is 20.4 Å². The van der Waals surface area contributed by atoms with Gasteiger partial charge in [-0.2, -0.15) is 0 Å². The molecule has 0 bridgehead atoms. The number of fused-ring (bicyclic) bond motifs is 2. The van der Waals surface area contributed by atoms with E-state index in [2.05, 4.69) is 10.3 Å². The molecule has 1 amide bonds. The molecule has 0 saturated carbocycles. The highest BCUT2D eigenvalue weighted by atomic mass is 32.1. The number of hydrogen-bond acceptors (Lipinski definition) is 4. The van der Waals surface area contributed by atoms with Crippen molar-refractivity contribution in [3.05, 3.63) is 47.5 Å². The van der Waals surface area contributed by atoms with Crippen molar-refractivity contribution in [3.63, 3.8) is 0 Å². The van der Waals surface area contributed by atoms with Gasteiger partial charge in [-0.1, -0.05) is 23.5 Å². The predicted molar refractivity (Wildman–Crippen MR) is 88.4 cm³/mol. The molecule has 0 atom stereocenters. The topological polar surface area (TPSA) is 46.9 Å². The lowest BCUT2D eigenvalue weighted by Gasteiger charge is -2.03. The SMILES string of the molecule is Cn1c(C(=O)Nc2nc3ccccc3s2)cc2sccc21. The number of aromatic nitrogens is 2. The number of nitrogens with zero attached hydrogens (tertiary/aromatic N) is 2. The summed E-state index contributed by atoms with van der Waals surface area (Å²) in [6.45, 7) is 0. The quantitative estimate of drug-likeness (QED) is 0.605. The van der Waals surface area contributed by atoms with Crippen molar-refractivity contribution >= 4 is 54.1 Å². The second-order valence-corrected chi connectivity index (χ2v) is 6.68. The monoisotopic (exact) mass is 313 g/mol. The van der Waals surface area contributed by atoms with Crippen LogP contribution in [0.4, 0.5) is 5.13 Å². The zero-order valence-electron chi connectivity index (χ0n) is 11.2. The first kappa shape index (κ1) is 12.6. The van der Waals surface area contributed by atoms with Crippen LogP contribution in [0.1, 0.15) is 10.5 Å². The van der Waals surface area contributed by atoms with Crippen molar-refractivity contribution < 1.29 is 4.79 Å². The Morgan fingerprint density at radius 2 is 2.10 bits per heavy atom. The van der Waals surface area contributed by atoms with E-state index in [1.165, 1.54) is 11.3 Å². The maximum atomic E-state index is 12.4. The number of anilines is 1. The molecular weight excluding hydrogens is 302 g/mol. The Hall–Kier alpha value is -2.18. The summed E-state index contributed by atoms with van der Waals surface area (Å²) in [4.78, 5) is 16.8. The van der Waals surface area contributed by atoms with Crippen LogP contribution in [0.5, 0.6) is 0 Å². The number of amides is 1. The van der Waals surface area contributed by atoms with E-state index in [-0.39, 0.29) is 5.91 Å². The van der Waals surface area contributed by atoms with Crippen LogP contribution in [0, 0.1) is 0 Å². The average Bonchev–Trinajstić information content (AvgIpc) is 3.14. The molecule has 4 aromatic rings. The Morgan fingerprint density at radius 3 is 2.90 bits per heavy atom. The van der Waals surface area contributed by atoms with Crippen molar-refractivity contribution in [2.45, 2.75) is 0 Å². The zero-order chi connectivity index (χ0) is 14.4. The standard InChI is InChI=1S/C15H11N3OS2/c1-18-10-6-7-20-13(10)8-11(18)14(19)17-15-16-9-4-2-3-5-12(9)21-15/h2-8H,1H3,(H,16,17,19). The van der Waals surface area contributed by atoms with E-state index in [9.17, 15) is 4.79 Å². The lowest BCUT2D eigenvalue weighted by Crippen LogP contribution is -2.15. The maximum absolute atomic E-state index is 12.4. The van der Waals surface area contributed by atoms with Crippen LogP contribution in [0.2, 0.25) is 0 Å². The average molecular weight is 313 g/mol. The van der Waals surface area contributed by atoms with Gasteiger partial charge in [0.25, 0.3) is 5.91 Å². The smallest absolute Gasteiger partial charge is 0.274 e. The van der Waals surface area contributed by atoms with Gasteiger partial charge >= 0.3 is 0 Å². The predicted octanol–water partition coefficient (Wildman–Crippen LogP) is 4.10. The molecule has 0 aliphatic heterocycles. The highest BCUT2D eigenvalue weighted by Gasteiger charge is 2.15. The number of rotatable bonds is 2. The molecule has 4 nitrogen and oxygen atoms in total. The summed E-state index contributed by atoms with van der Waals surface area (Å²) < 4.78 is 4.10. The van der Waals surface area contributed by atoms with E-state index in [0.29, 0.717) is 10.8 Å². The number of carbonyl (C=O) groups excluding carboxylic acids is 1. The van der Waals surface area contributed by atoms with Crippen LogP contribution in [-0.2, 0) is 7.05 Å². The summed E-state index contributed by atoms with van der Waals surface area (Å²) in [6.07, 6.45) is 0. The summed E-state index contributed by atoms with van der Waals surface area (Å²) in [5.41, 5.74) is 2.64. The Kier molecular flexibility index (Phi) is 2.80. The van der Waals surface area contributed by atoms with Gasteiger partial charge in [0.1, 0.15) is 5.69 Å². The van der Waals surface area contributed by atoms with Gasteiger partial charge < -0.3 is 4.57 Å². The Bertz CT molecular complexity index is 931. The van der Waals surface area contributed by atoms with Gasteiger partial charge in [-0.15, -0.1) is 11.3 Å². The van der Waals surface area contributed by atoms with Crippen LogP contribution in [-0.4, -0.2) is 15.5 Å². The lowest BCUT2D eigenvalue weighted by atomic mass is 10.3. The van der Waals surface area contributed by atoms with Gasteiger partial charge in [0.2, 0.25) is 0 Å². The van der Waals surface area contributed by atoms with Crippen molar-refractivity contribution in [2.75, 3.05) is 5.32 Å². The molecule has 0 aliphatic rings. The molecule has 6 heteroatoms. The Labute approximate surface area is 128 Å². The fraction of sp³-hybridized carbons (Fsp3) is 0.0667. The summed E-state index contributed by atoms with van der Waals surface area (Å²) in [7, 11) is 1.91. The molecule has 1 N–H and O–H groups in total. The molecule has 1 aromatic carbocycles. The number of thiophene rings is 1. The fourth-order valence-electron chi connectivity index (χ4n) is 2.35. The normalized spacial score (nSPS) is 11.3. The van der Waals surface area contributed by atoms with Crippen LogP contribution >= 0.6 is 22.7 Å². The zero-order valence-corrected chi connectivity index (χ0v) is 12.8. The number of benzene rings is 1. The number of thiazole rings is 1. The number of carbonyl (C=O) groups is 1. The summed E-state index contributed by atoms with van der Waals surface area (Å²) in [5, 5.41) is 5.55. The Balaban J connectivity index is 1.68. The molecule has 0 unspecified atom stereocenters. The third kappa shape index (κ3) is 2.03. The number of aryl methyl sites for hydroxylation is 1. The van der Waals surface area contributed by atoms with E-state index >= 15 is 0 Å². The van der Waals surface area contributed by atoms with Gasteiger partial charge in [0, 0.05) is 7.05 Å². The van der Waals surface area contributed by atoms with Gasteiger partial charge in [-0.05, 0) is 29.6 Å². The highest BCUT2D eigenvalue weighted by molar-refractivity contribution is 7.22. The Morgan fingerprint density at radius 1 is 1.24 bits per heavy atom. The number of hydrogen-bond donors (Lipinski definition) is 1. The highest BCUT2D eigenvalue weighted by Crippen LogP contribution is 2.27. The molecule has 104 valence electrons. The van der Waals surface area contributed by atoms with Crippen molar-refractivity contribution in [1.82, 2.24) is 9.55 Å². The molecule has 4 rings (SSSR count). The summed E-state index contributed by atoms with van der Waals surface area (Å²) in [5.74, 6) is -0.125. The van der Waals surface area contributed by atoms with Crippen LogP contribution < -0.4 is 5.32 Å².